The van der Waals surface area contributed by atoms with E-state index in [0.717, 1.165) is 5.56 Å². The topological polar surface area (TPSA) is 116 Å². The highest BCUT2D eigenvalue weighted by atomic mass is 16.6. The second-order valence-corrected chi connectivity index (χ2v) is 8.51. The number of nitro benzene ring substituents is 1. The molecular formula is C26H21N3O6. The quantitative estimate of drug-likeness (QED) is 0.295. The van der Waals surface area contributed by atoms with Crippen molar-refractivity contribution in [2.75, 3.05) is 12.0 Å². The van der Waals surface area contributed by atoms with Gasteiger partial charge < -0.3 is 9.64 Å². The smallest absolute Gasteiger partial charge is 0.270 e. The molecule has 4 atom stereocenters. The zero-order chi connectivity index (χ0) is 24.7. The number of carbonyl (C=O) groups is 1. The number of benzene rings is 3. The summed E-state index contributed by atoms with van der Waals surface area (Å²) < 4.78 is 5.24. The van der Waals surface area contributed by atoms with Crippen LogP contribution in [0.15, 0.2) is 78.9 Å². The molecule has 35 heavy (non-hydrogen) atoms. The predicted molar refractivity (Wildman–Crippen MR) is 129 cm³/mol. The second-order valence-electron chi connectivity index (χ2n) is 8.51. The van der Waals surface area contributed by atoms with Crippen LogP contribution in [-0.4, -0.2) is 40.9 Å². The van der Waals surface area contributed by atoms with Crippen molar-refractivity contribution in [1.82, 2.24) is 0 Å². The van der Waals surface area contributed by atoms with Gasteiger partial charge in [-0.3, -0.25) is 25.0 Å². The van der Waals surface area contributed by atoms with Crippen LogP contribution in [0.3, 0.4) is 0 Å². The van der Waals surface area contributed by atoms with Gasteiger partial charge in [-0.2, -0.15) is 0 Å². The number of ether oxygens (including phenoxy) is 1. The molecule has 0 aliphatic carbocycles. The molecule has 0 bridgehead atoms. The lowest BCUT2D eigenvalue weighted by Crippen LogP contribution is -2.44. The zero-order valence-corrected chi connectivity index (χ0v) is 18.7. The summed E-state index contributed by atoms with van der Waals surface area (Å²) in [6, 6.07) is 17.1. The number of para-hydroxylation sites is 1. The number of nitrogens with zero attached hydrogens (tertiary/aromatic N) is 3. The molecule has 2 aliphatic rings. The Balaban J connectivity index is 1.70. The van der Waals surface area contributed by atoms with E-state index in [9.17, 15) is 25.0 Å². The molecule has 0 spiro atoms. The predicted octanol–water partition coefficient (Wildman–Crippen LogP) is 4.50. The Morgan fingerprint density at radius 2 is 1.71 bits per heavy atom. The molecule has 0 unspecified atom stereocenters. The van der Waals surface area contributed by atoms with Crippen LogP contribution >= 0.6 is 0 Å². The van der Waals surface area contributed by atoms with Crippen LogP contribution < -0.4 is 9.64 Å². The number of fused-ring (bicyclic) bond motifs is 3. The minimum atomic E-state index is -1.11. The molecule has 2 aliphatic heterocycles. The summed E-state index contributed by atoms with van der Waals surface area (Å²) in [6.07, 6.45) is 3.62. The van der Waals surface area contributed by atoms with Gasteiger partial charge in [0.15, 0.2) is 5.78 Å². The van der Waals surface area contributed by atoms with E-state index in [2.05, 4.69) is 0 Å². The summed E-state index contributed by atoms with van der Waals surface area (Å²) >= 11 is 0. The van der Waals surface area contributed by atoms with Crippen molar-refractivity contribution < 1.29 is 19.4 Å². The van der Waals surface area contributed by atoms with Crippen molar-refractivity contribution in [2.45, 2.75) is 24.0 Å². The molecule has 3 aromatic carbocycles. The number of methoxy groups -OCH3 is 1. The van der Waals surface area contributed by atoms with E-state index >= 15 is 0 Å². The fourth-order valence-electron chi connectivity index (χ4n) is 5.20. The molecule has 0 aromatic heterocycles. The molecule has 0 saturated carbocycles. The van der Waals surface area contributed by atoms with E-state index in [1.54, 1.807) is 35.2 Å². The number of hydrogen-bond donors (Lipinski definition) is 0. The molecule has 0 amide bonds. The Hall–Kier alpha value is -4.53. The third-order valence-corrected chi connectivity index (χ3v) is 6.72. The number of anilines is 1. The maximum atomic E-state index is 14.0. The third kappa shape index (κ3) is 3.71. The van der Waals surface area contributed by atoms with Crippen LogP contribution in [0.5, 0.6) is 5.75 Å². The van der Waals surface area contributed by atoms with Gasteiger partial charge in [0.05, 0.1) is 18.0 Å². The zero-order valence-electron chi connectivity index (χ0n) is 18.7. The Morgan fingerprint density at radius 3 is 2.40 bits per heavy atom. The number of carbonyl (C=O) groups excluding carboxylic acids is 1. The van der Waals surface area contributed by atoms with Gasteiger partial charge >= 0.3 is 0 Å². The van der Waals surface area contributed by atoms with Crippen molar-refractivity contribution in [3.63, 3.8) is 0 Å². The van der Waals surface area contributed by atoms with E-state index < -0.39 is 34.7 Å². The van der Waals surface area contributed by atoms with E-state index in [1.807, 2.05) is 30.3 Å². The molecule has 176 valence electrons. The summed E-state index contributed by atoms with van der Waals surface area (Å²) in [4.78, 5) is 38.7. The summed E-state index contributed by atoms with van der Waals surface area (Å²) in [5.74, 6) is -0.619. The number of Topliss-reactive ketones (excluding diaryl/α,β-unsaturated/α-hetero) is 1. The van der Waals surface area contributed by atoms with Crippen molar-refractivity contribution >= 4 is 23.2 Å². The third-order valence-electron chi connectivity index (χ3n) is 6.72. The van der Waals surface area contributed by atoms with Crippen LogP contribution in [0.1, 0.15) is 27.4 Å². The van der Waals surface area contributed by atoms with Crippen LogP contribution in [-0.2, 0) is 0 Å². The minimum Gasteiger partial charge on any atom is -0.497 e. The Labute approximate surface area is 200 Å². The van der Waals surface area contributed by atoms with Gasteiger partial charge in [0.2, 0.25) is 6.04 Å². The van der Waals surface area contributed by atoms with Crippen LogP contribution in [0, 0.1) is 20.2 Å². The van der Waals surface area contributed by atoms with Gasteiger partial charge in [0, 0.05) is 28.3 Å². The molecule has 9 heteroatoms. The fraction of sp³-hybridized carbons (Fsp3) is 0.192. The molecule has 9 nitrogen and oxygen atoms in total. The number of non-ortho nitro benzene ring substituents is 1. The lowest BCUT2D eigenvalue weighted by molar-refractivity contribution is -0.524. The number of nitro groups is 2. The summed E-state index contributed by atoms with van der Waals surface area (Å²) in [6.45, 7) is 0. The normalized spacial score (nSPS) is 22.3. The maximum absolute atomic E-state index is 14.0. The molecular weight excluding hydrogens is 450 g/mol. The molecule has 3 aromatic rings. The van der Waals surface area contributed by atoms with Crippen molar-refractivity contribution in [1.29, 1.82) is 0 Å². The lowest BCUT2D eigenvalue weighted by atomic mass is 9.83. The molecule has 1 fully saturated rings. The molecule has 5 rings (SSSR count). The molecule has 0 N–H and O–H groups in total. The standard InChI is InChI=1S/C26H21N3O6/c1-35-20-12-9-17(10-13-20)23-24(29(33)34)22-14-11-16-5-2-3-8-21(16)27(22)25(23)26(30)18-6-4-7-19(15-18)28(31)32/h2-15,22-25H,1H3/t22-,23-,24-,25-/m0/s1. The highest BCUT2D eigenvalue weighted by Crippen LogP contribution is 2.47. The van der Waals surface area contributed by atoms with Crippen LogP contribution in [0.2, 0.25) is 0 Å². The average Bonchev–Trinajstić information content (AvgIpc) is 3.24. The number of hydrogen-bond acceptors (Lipinski definition) is 7. The van der Waals surface area contributed by atoms with Gasteiger partial charge in [0.25, 0.3) is 5.69 Å². The van der Waals surface area contributed by atoms with Gasteiger partial charge in [-0.15, -0.1) is 0 Å². The van der Waals surface area contributed by atoms with Crippen molar-refractivity contribution in [3.05, 3.63) is 116 Å². The minimum absolute atomic E-state index is 0.137. The first-order valence-corrected chi connectivity index (χ1v) is 11.0. The lowest BCUT2D eigenvalue weighted by Gasteiger charge is -2.34. The monoisotopic (exact) mass is 471 g/mol. The van der Waals surface area contributed by atoms with E-state index in [4.69, 9.17) is 4.74 Å². The van der Waals surface area contributed by atoms with Crippen molar-refractivity contribution in [3.8, 4) is 5.75 Å². The first-order valence-electron chi connectivity index (χ1n) is 11.0. The summed E-state index contributed by atoms with van der Waals surface area (Å²) in [5.41, 5.74) is 2.11. The first-order chi connectivity index (χ1) is 16.9. The van der Waals surface area contributed by atoms with E-state index in [-0.39, 0.29) is 16.2 Å². The molecule has 0 radical (unpaired) electrons. The van der Waals surface area contributed by atoms with Gasteiger partial charge in [-0.05, 0) is 29.3 Å². The van der Waals surface area contributed by atoms with Crippen molar-refractivity contribution in [2.24, 2.45) is 0 Å². The van der Waals surface area contributed by atoms with Gasteiger partial charge in [0.1, 0.15) is 17.8 Å². The maximum Gasteiger partial charge on any atom is 0.270 e. The Bertz CT molecular complexity index is 1350. The highest BCUT2D eigenvalue weighted by molar-refractivity contribution is 6.04. The Kier molecular flexibility index (Phi) is 5.52. The fourth-order valence-corrected chi connectivity index (χ4v) is 5.20. The molecule has 1 saturated heterocycles. The number of ketones is 1. The van der Waals surface area contributed by atoms with Gasteiger partial charge in [-0.25, -0.2) is 0 Å². The highest BCUT2D eigenvalue weighted by Gasteiger charge is 2.59. The Morgan fingerprint density at radius 1 is 0.971 bits per heavy atom. The van der Waals surface area contributed by atoms with Gasteiger partial charge in [-0.1, -0.05) is 54.6 Å². The van der Waals surface area contributed by atoms with Crippen LogP contribution in [0.25, 0.3) is 6.08 Å². The average molecular weight is 471 g/mol. The van der Waals surface area contributed by atoms with E-state index in [0.29, 0.717) is 17.0 Å². The summed E-state index contributed by atoms with van der Waals surface area (Å²) in [5, 5.41) is 23.8. The summed E-state index contributed by atoms with van der Waals surface area (Å²) in [7, 11) is 1.53. The second kappa shape index (κ2) is 8.68. The molecule has 2 heterocycles. The first kappa shape index (κ1) is 22.3. The van der Waals surface area contributed by atoms with Crippen LogP contribution in [0.4, 0.5) is 11.4 Å². The van der Waals surface area contributed by atoms with E-state index in [1.165, 1.54) is 31.4 Å². The largest absolute Gasteiger partial charge is 0.497 e. The number of rotatable bonds is 6. The SMILES string of the molecule is COc1ccc([C@H]2[C@@H]([N+](=O)[O-])[C@@H]3C=Cc4ccccc4N3[C@@H]2C(=O)c2cccc([N+](=O)[O-])c2)cc1.